The number of hydrogen-bond donors (Lipinski definition) is 0. The highest BCUT2D eigenvalue weighted by atomic mass is 19.3. The first-order valence-electron chi connectivity index (χ1n) is 3.11. The molecule has 12 heteroatoms. The van der Waals surface area contributed by atoms with E-state index >= 15 is 0 Å². The maximum atomic E-state index is 11.9. The van der Waals surface area contributed by atoms with Crippen molar-refractivity contribution in [3.05, 3.63) is 0 Å². The highest BCUT2D eigenvalue weighted by molar-refractivity contribution is 5.78. The SMILES string of the molecule is COC(=O)C(OF)(OF)C(OF)(OF)OF. The van der Waals surface area contributed by atoms with Gasteiger partial charge in [-0.1, -0.05) is 0 Å². The van der Waals surface area contributed by atoms with Crippen LogP contribution in [-0.2, 0) is 34.2 Å². The summed E-state index contributed by atoms with van der Waals surface area (Å²) in [6.45, 7) is 0. The quantitative estimate of drug-likeness (QED) is 0.383. The molecule has 0 aromatic rings. The van der Waals surface area contributed by atoms with E-state index in [1.165, 1.54) is 0 Å². The molecule has 7 nitrogen and oxygen atoms in total. The predicted molar refractivity (Wildman–Crippen MR) is 28.4 cm³/mol. The molecule has 0 heterocycles. The molecule has 0 saturated carbocycles. The van der Waals surface area contributed by atoms with Gasteiger partial charge < -0.3 is 4.74 Å². The van der Waals surface area contributed by atoms with Crippen LogP contribution in [0.1, 0.15) is 0 Å². The summed E-state index contributed by atoms with van der Waals surface area (Å²) in [5, 5.41) is 0. The summed E-state index contributed by atoms with van der Waals surface area (Å²) in [5.74, 6) is -11.4. The zero-order valence-electron chi connectivity index (χ0n) is 7.25. The van der Waals surface area contributed by atoms with E-state index in [1.807, 2.05) is 0 Å². The van der Waals surface area contributed by atoms with Gasteiger partial charge in [0, 0.05) is 0 Å². The fourth-order valence-corrected chi connectivity index (χ4v) is 0.617. The molecule has 0 aromatic heterocycles. The number of carbonyl (C=O) groups excluding carboxylic acids is 1. The van der Waals surface area contributed by atoms with E-state index in [2.05, 4.69) is 29.4 Å². The van der Waals surface area contributed by atoms with Crippen molar-refractivity contribution in [2.45, 2.75) is 11.8 Å². The smallest absolute Gasteiger partial charge is 0.450 e. The van der Waals surface area contributed by atoms with E-state index in [0.29, 0.717) is 7.11 Å². The Bertz CT molecular complexity index is 221. The number of halogens is 5. The summed E-state index contributed by atoms with van der Waals surface area (Å²) in [5.41, 5.74) is 0. The monoisotopic (exact) mass is 258 g/mol. The first-order chi connectivity index (χ1) is 7.53. The zero-order valence-corrected chi connectivity index (χ0v) is 7.25. The summed E-state index contributed by atoms with van der Waals surface area (Å²) < 4.78 is 62.6. The van der Waals surface area contributed by atoms with Gasteiger partial charge in [-0.05, 0) is 22.6 Å². The van der Waals surface area contributed by atoms with Crippen LogP contribution in [0.5, 0.6) is 0 Å². The minimum atomic E-state index is -4.61. The van der Waals surface area contributed by atoms with Gasteiger partial charge in [-0.2, -0.15) is 0 Å². The number of methoxy groups -OCH3 is 1. The highest BCUT2D eigenvalue weighted by Gasteiger charge is 2.73. The van der Waals surface area contributed by atoms with E-state index in [-0.39, 0.29) is 0 Å². The molecular formula is C4H3F5O7. The van der Waals surface area contributed by atoms with Crippen LogP contribution in [0.15, 0.2) is 0 Å². The van der Waals surface area contributed by atoms with Gasteiger partial charge in [0.15, 0.2) is 0 Å². The molecule has 0 radical (unpaired) electrons. The lowest BCUT2D eigenvalue weighted by Crippen LogP contribution is -2.63. The number of carbonyl (C=O) groups is 1. The van der Waals surface area contributed by atoms with E-state index in [4.69, 9.17) is 0 Å². The van der Waals surface area contributed by atoms with Crippen LogP contribution in [0.2, 0.25) is 0 Å². The molecule has 0 fully saturated rings. The van der Waals surface area contributed by atoms with E-state index in [0.717, 1.165) is 0 Å². The molecule has 96 valence electrons. The molecule has 0 spiro atoms. The van der Waals surface area contributed by atoms with Gasteiger partial charge in [-0.3, -0.25) is 0 Å². The van der Waals surface area contributed by atoms with Crippen LogP contribution in [-0.4, -0.2) is 24.8 Å². The van der Waals surface area contributed by atoms with Crippen molar-refractivity contribution in [1.29, 1.82) is 0 Å². The largest absolute Gasteiger partial charge is 0.465 e. The fraction of sp³-hybridized carbons (Fsp3) is 0.750. The molecule has 0 atom stereocenters. The van der Waals surface area contributed by atoms with Crippen LogP contribution in [0, 0.1) is 0 Å². The van der Waals surface area contributed by atoms with E-state index < -0.39 is 17.7 Å². The average Bonchev–Trinajstić information content (AvgIpc) is 2.35. The summed E-state index contributed by atoms with van der Waals surface area (Å²) >= 11 is 0. The first-order valence-corrected chi connectivity index (χ1v) is 3.11. The topological polar surface area (TPSA) is 72.5 Å². The molecule has 0 unspecified atom stereocenters. The van der Waals surface area contributed by atoms with E-state index in [1.54, 1.807) is 0 Å². The lowest BCUT2D eigenvalue weighted by atomic mass is 10.2. The maximum absolute atomic E-state index is 11.9. The lowest BCUT2D eigenvalue weighted by Gasteiger charge is -2.30. The summed E-state index contributed by atoms with van der Waals surface area (Å²) in [7, 11) is 0.481. The van der Waals surface area contributed by atoms with Gasteiger partial charge in [0.05, 0.1) is 7.11 Å². The average molecular weight is 258 g/mol. The van der Waals surface area contributed by atoms with Gasteiger partial charge in [0.25, 0.3) is 0 Å². The van der Waals surface area contributed by atoms with Crippen molar-refractivity contribution in [1.82, 2.24) is 0 Å². The normalized spacial score (nSPS) is 12.6. The second-order valence-electron chi connectivity index (χ2n) is 2.05. The molecule has 16 heavy (non-hydrogen) atoms. The minimum Gasteiger partial charge on any atom is -0.465 e. The van der Waals surface area contributed by atoms with Crippen molar-refractivity contribution in [2.75, 3.05) is 7.11 Å². The lowest BCUT2D eigenvalue weighted by molar-refractivity contribution is -0.630. The Balaban J connectivity index is 5.52. The van der Waals surface area contributed by atoms with Gasteiger partial charge >= 0.3 is 17.7 Å². The Morgan fingerprint density at radius 3 is 1.44 bits per heavy atom. The molecule has 0 bridgehead atoms. The predicted octanol–water partition coefficient (Wildman–Crippen LogP) is 1.01. The standard InChI is InChI=1S/C4H3F5O7/c1-11-2(10)3(12-5,13-6)4(14-7,15-8)16-9/h1H3. The van der Waals surface area contributed by atoms with Crippen LogP contribution >= 0.6 is 0 Å². The van der Waals surface area contributed by atoms with Gasteiger partial charge in [-0.15, -0.1) is 24.7 Å². The van der Waals surface area contributed by atoms with Crippen molar-refractivity contribution >= 4 is 5.97 Å². The number of ether oxygens (including phenoxy) is 1. The fourth-order valence-electron chi connectivity index (χ4n) is 0.617. The summed E-state index contributed by atoms with van der Waals surface area (Å²) in [6, 6.07) is 0. The van der Waals surface area contributed by atoms with Gasteiger partial charge in [0.2, 0.25) is 0 Å². The van der Waals surface area contributed by atoms with Crippen molar-refractivity contribution in [3.63, 3.8) is 0 Å². The Morgan fingerprint density at radius 2 is 1.25 bits per heavy atom. The number of hydrogen-bond acceptors (Lipinski definition) is 7. The Labute approximate surface area is 83.0 Å². The number of esters is 1. The molecule has 0 aliphatic rings. The Hall–Kier alpha value is -1.08. The molecule has 0 amide bonds. The molecule has 0 N–H and O–H groups in total. The van der Waals surface area contributed by atoms with Gasteiger partial charge in [-0.25, -0.2) is 4.79 Å². The van der Waals surface area contributed by atoms with Crippen molar-refractivity contribution < 1.29 is 56.9 Å². The zero-order chi connectivity index (χ0) is 12.8. The number of rotatable bonds is 7. The summed E-state index contributed by atoms with van der Waals surface area (Å²) in [6.07, 6.45) is 0. The molecular weight excluding hydrogens is 255 g/mol. The highest BCUT2D eigenvalue weighted by Crippen LogP contribution is 2.37. The van der Waals surface area contributed by atoms with Crippen LogP contribution in [0.4, 0.5) is 22.6 Å². The van der Waals surface area contributed by atoms with Crippen molar-refractivity contribution in [2.24, 2.45) is 0 Å². The second kappa shape index (κ2) is 5.86. The third kappa shape index (κ3) is 1.92. The Morgan fingerprint density at radius 1 is 0.875 bits per heavy atom. The molecule has 0 rings (SSSR count). The molecule has 0 aliphatic heterocycles. The summed E-state index contributed by atoms with van der Waals surface area (Å²) in [4.78, 5) is 22.4. The van der Waals surface area contributed by atoms with Gasteiger partial charge in [0.1, 0.15) is 0 Å². The molecule has 0 saturated heterocycles. The Kier molecular flexibility index (Phi) is 5.46. The maximum Gasteiger partial charge on any atom is 0.450 e. The molecule has 0 aliphatic carbocycles. The first kappa shape index (κ1) is 14.9. The molecule has 0 aromatic carbocycles. The van der Waals surface area contributed by atoms with Crippen LogP contribution < -0.4 is 0 Å². The second-order valence-corrected chi connectivity index (χ2v) is 2.05. The van der Waals surface area contributed by atoms with Crippen molar-refractivity contribution in [3.8, 4) is 0 Å². The third-order valence-electron chi connectivity index (χ3n) is 1.38. The van der Waals surface area contributed by atoms with Crippen LogP contribution in [0.3, 0.4) is 0 Å². The van der Waals surface area contributed by atoms with Crippen LogP contribution in [0.25, 0.3) is 0 Å². The minimum absolute atomic E-state index is 0.481. The third-order valence-corrected chi connectivity index (χ3v) is 1.38. The van der Waals surface area contributed by atoms with E-state index in [9.17, 15) is 27.4 Å².